The summed E-state index contributed by atoms with van der Waals surface area (Å²) >= 11 is 0. The number of ether oxygens (including phenoxy) is 1. The molecular formula is C19H20FN3O2. The van der Waals surface area contributed by atoms with Gasteiger partial charge < -0.3 is 19.9 Å². The molecule has 1 aromatic heterocycles. The highest BCUT2D eigenvalue weighted by atomic mass is 19.1. The monoisotopic (exact) mass is 341 g/mol. The maximum atomic E-state index is 13.6. The van der Waals surface area contributed by atoms with Crippen LogP contribution >= 0.6 is 0 Å². The Morgan fingerprint density at radius 1 is 1.20 bits per heavy atom. The molecule has 1 heterocycles. The third-order valence-electron chi connectivity index (χ3n) is 4.00. The van der Waals surface area contributed by atoms with Crippen LogP contribution in [0.1, 0.15) is 5.56 Å². The average Bonchev–Trinajstić information content (AvgIpc) is 2.94. The number of nitrogens with zero attached hydrogens (tertiary/aromatic N) is 1. The molecule has 0 aliphatic heterocycles. The molecule has 0 fully saturated rings. The molecule has 130 valence electrons. The van der Waals surface area contributed by atoms with Gasteiger partial charge in [-0.1, -0.05) is 24.3 Å². The molecule has 25 heavy (non-hydrogen) atoms. The van der Waals surface area contributed by atoms with Crippen LogP contribution in [0.15, 0.2) is 48.7 Å². The molecule has 5 nitrogen and oxygen atoms in total. The van der Waals surface area contributed by atoms with Gasteiger partial charge in [-0.25, -0.2) is 9.18 Å². The highest BCUT2D eigenvalue weighted by Gasteiger charge is 2.11. The van der Waals surface area contributed by atoms with Crippen molar-refractivity contribution in [2.75, 3.05) is 24.4 Å². The first-order chi connectivity index (χ1) is 12.1. The summed E-state index contributed by atoms with van der Waals surface area (Å²) in [6.07, 6.45) is 1.87. The van der Waals surface area contributed by atoms with Gasteiger partial charge in [-0.05, 0) is 30.7 Å². The highest BCUT2D eigenvalue weighted by molar-refractivity contribution is 6.06. The van der Waals surface area contributed by atoms with Crippen LogP contribution in [0.3, 0.4) is 0 Å². The van der Waals surface area contributed by atoms with Crippen LogP contribution < -0.4 is 10.6 Å². The molecule has 0 unspecified atom stereocenters. The molecule has 3 rings (SSSR count). The molecule has 0 spiro atoms. The number of hydrogen-bond acceptors (Lipinski definition) is 2. The van der Waals surface area contributed by atoms with Crippen LogP contribution in [0, 0.1) is 12.7 Å². The summed E-state index contributed by atoms with van der Waals surface area (Å²) < 4.78 is 20.8. The fourth-order valence-electron chi connectivity index (χ4n) is 2.68. The van der Waals surface area contributed by atoms with Crippen LogP contribution in [0.4, 0.5) is 20.6 Å². The molecular weight excluding hydrogens is 321 g/mol. The van der Waals surface area contributed by atoms with Gasteiger partial charge in [0.1, 0.15) is 5.82 Å². The molecule has 3 aromatic rings. The van der Waals surface area contributed by atoms with Gasteiger partial charge in [-0.2, -0.15) is 0 Å². The smallest absolute Gasteiger partial charge is 0.323 e. The van der Waals surface area contributed by atoms with E-state index in [1.54, 1.807) is 26.2 Å². The lowest BCUT2D eigenvalue weighted by Gasteiger charge is -2.07. The van der Waals surface area contributed by atoms with E-state index in [1.165, 1.54) is 6.07 Å². The Hall–Kier alpha value is -2.86. The fraction of sp³-hybridized carbons (Fsp3) is 0.211. The van der Waals surface area contributed by atoms with E-state index in [9.17, 15) is 9.18 Å². The largest absolute Gasteiger partial charge is 0.383 e. The third-order valence-corrected chi connectivity index (χ3v) is 4.00. The summed E-state index contributed by atoms with van der Waals surface area (Å²) in [7, 11) is 1.65. The number of benzene rings is 2. The van der Waals surface area contributed by atoms with Gasteiger partial charge in [-0.15, -0.1) is 0 Å². The predicted molar refractivity (Wildman–Crippen MR) is 97.6 cm³/mol. The van der Waals surface area contributed by atoms with E-state index in [0.29, 0.717) is 30.1 Å². The van der Waals surface area contributed by atoms with Crippen LogP contribution in [0.2, 0.25) is 0 Å². The molecule has 2 N–H and O–H groups in total. The van der Waals surface area contributed by atoms with Crippen molar-refractivity contribution in [1.29, 1.82) is 0 Å². The summed E-state index contributed by atoms with van der Waals surface area (Å²) in [5.74, 6) is -0.353. The molecule has 0 atom stereocenters. The van der Waals surface area contributed by atoms with Crippen molar-refractivity contribution in [3.05, 3.63) is 60.0 Å². The summed E-state index contributed by atoms with van der Waals surface area (Å²) in [4.78, 5) is 12.3. The first-order valence-electron chi connectivity index (χ1n) is 7.99. The third kappa shape index (κ3) is 3.80. The van der Waals surface area contributed by atoms with Gasteiger partial charge in [0.2, 0.25) is 0 Å². The Balaban J connectivity index is 1.79. The van der Waals surface area contributed by atoms with E-state index in [-0.39, 0.29) is 5.82 Å². The Morgan fingerprint density at radius 3 is 2.76 bits per heavy atom. The van der Waals surface area contributed by atoms with E-state index < -0.39 is 6.03 Å². The molecule has 0 saturated heterocycles. The minimum Gasteiger partial charge on any atom is -0.383 e. The van der Waals surface area contributed by atoms with E-state index in [0.717, 1.165) is 10.9 Å². The molecule has 0 aliphatic rings. The number of anilines is 2. The van der Waals surface area contributed by atoms with E-state index in [2.05, 4.69) is 10.6 Å². The van der Waals surface area contributed by atoms with Crippen molar-refractivity contribution >= 4 is 28.3 Å². The first kappa shape index (κ1) is 17.0. The Morgan fingerprint density at radius 2 is 2.00 bits per heavy atom. The number of hydrogen-bond donors (Lipinski definition) is 2. The van der Waals surface area contributed by atoms with E-state index in [4.69, 9.17) is 4.74 Å². The van der Waals surface area contributed by atoms with Crippen LogP contribution in [0.5, 0.6) is 0 Å². The number of fused-ring (bicyclic) bond motifs is 1. The summed E-state index contributed by atoms with van der Waals surface area (Å²) in [6, 6.07) is 12.0. The zero-order valence-electron chi connectivity index (χ0n) is 14.2. The quantitative estimate of drug-likeness (QED) is 0.723. The predicted octanol–water partition coefficient (Wildman–Crippen LogP) is 4.38. The maximum absolute atomic E-state index is 13.6. The van der Waals surface area contributed by atoms with Gasteiger partial charge in [0.05, 0.1) is 17.8 Å². The number of methoxy groups -OCH3 is 1. The number of urea groups is 1. The van der Waals surface area contributed by atoms with Gasteiger partial charge >= 0.3 is 6.03 Å². The number of rotatable bonds is 5. The Bertz CT molecular complexity index is 905. The second-order valence-electron chi connectivity index (χ2n) is 5.79. The molecule has 2 aromatic carbocycles. The van der Waals surface area contributed by atoms with Crippen molar-refractivity contribution in [2.45, 2.75) is 13.5 Å². The topological polar surface area (TPSA) is 55.3 Å². The number of nitrogens with one attached hydrogen (secondary N) is 2. The zero-order valence-corrected chi connectivity index (χ0v) is 14.2. The van der Waals surface area contributed by atoms with Gasteiger partial charge in [0.15, 0.2) is 0 Å². The Kier molecular flexibility index (Phi) is 5.00. The van der Waals surface area contributed by atoms with Crippen molar-refractivity contribution in [1.82, 2.24) is 4.57 Å². The van der Waals surface area contributed by atoms with Crippen LogP contribution in [0.25, 0.3) is 10.9 Å². The minimum atomic E-state index is -0.419. The molecule has 0 bridgehead atoms. The van der Waals surface area contributed by atoms with Crippen molar-refractivity contribution < 1.29 is 13.9 Å². The van der Waals surface area contributed by atoms with Crippen LogP contribution in [-0.2, 0) is 11.3 Å². The average molecular weight is 341 g/mol. The molecule has 0 radical (unpaired) electrons. The zero-order chi connectivity index (χ0) is 17.8. The number of carbonyl (C=O) groups is 1. The molecule has 2 amide bonds. The summed E-state index contributed by atoms with van der Waals surface area (Å²) in [6.45, 7) is 2.94. The lowest BCUT2D eigenvalue weighted by Crippen LogP contribution is -2.19. The number of para-hydroxylation sites is 1. The Labute approximate surface area is 145 Å². The highest BCUT2D eigenvalue weighted by Crippen LogP contribution is 2.26. The minimum absolute atomic E-state index is 0.353. The molecule has 0 aliphatic carbocycles. The maximum Gasteiger partial charge on any atom is 0.323 e. The first-order valence-corrected chi connectivity index (χ1v) is 7.99. The van der Waals surface area contributed by atoms with Crippen molar-refractivity contribution in [3.63, 3.8) is 0 Å². The van der Waals surface area contributed by atoms with Crippen molar-refractivity contribution in [3.8, 4) is 0 Å². The normalized spacial score (nSPS) is 10.8. The van der Waals surface area contributed by atoms with E-state index in [1.807, 2.05) is 35.0 Å². The fourth-order valence-corrected chi connectivity index (χ4v) is 2.68. The second-order valence-corrected chi connectivity index (χ2v) is 5.79. The van der Waals surface area contributed by atoms with E-state index >= 15 is 0 Å². The lowest BCUT2D eigenvalue weighted by atomic mass is 10.2. The molecule has 0 saturated carbocycles. The number of aryl methyl sites for hydroxylation is 1. The van der Waals surface area contributed by atoms with Gasteiger partial charge in [-0.3, -0.25) is 0 Å². The number of carbonyl (C=O) groups excluding carboxylic acids is 1. The summed E-state index contributed by atoms with van der Waals surface area (Å²) in [5.41, 5.74) is 2.64. The summed E-state index contributed by atoms with van der Waals surface area (Å²) in [5, 5.41) is 6.42. The molecule has 6 heteroatoms. The van der Waals surface area contributed by atoms with Crippen molar-refractivity contribution in [2.24, 2.45) is 0 Å². The number of amides is 2. The lowest BCUT2D eigenvalue weighted by molar-refractivity contribution is 0.188. The number of aromatic nitrogens is 1. The van der Waals surface area contributed by atoms with Gasteiger partial charge in [0, 0.05) is 30.9 Å². The second kappa shape index (κ2) is 7.36. The van der Waals surface area contributed by atoms with Crippen LogP contribution in [-0.4, -0.2) is 24.3 Å². The standard InChI is InChI=1S/C19H20FN3O2/c1-13-7-8-14(11-16(13)20)21-19(24)22-17-12-23(9-10-25-2)18-6-4-3-5-15(17)18/h3-8,11-12H,9-10H2,1-2H3,(H2,21,22,24). The SMILES string of the molecule is COCCn1cc(NC(=O)Nc2ccc(C)c(F)c2)c2ccccc21. The van der Waals surface area contributed by atoms with Gasteiger partial charge in [0.25, 0.3) is 0 Å². The number of halogens is 1.